The standard InChI is InChI=1S/C13H19N3O/c1-16(2)11(8-14)6-9-3-4-12-10(5-9)7-13(17)15-12/h3-5,11H,6-8,14H2,1-2H3,(H,15,17). The molecule has 1 atom stereocenters. The molecule has 1 aromatic rings. The number of benzene rings is 1. The van der Waals surface area contributed by atoms with Crippen LogP contribution in [0.5, 0.6) is 0 Å². The van der Waals surface area contributed by atoms with Crippen molar-refractivity contribution in [3.63, 3.8) is 0 Å². The maximum Gasteiger partial charge on any atom is 0.228 e. The monoisotopic (exact) mass is 233 g/mol. The summed E-state index contributed by atoms with van der Waals surface area (Å²) >= 11 is 0. The minimum Gasteiger partial charge on any atom is -0.329 e. The maximum atomic E-state index is 11.3. The van der Waals surface area contributed by atoms with Crippen LogP contribution in [0.1, 0.15) is 11.1 Å². The summed E-state index contributed by atoms with van der Waals surface area (Å²) in [6.45, 7) is 0.640. The molecule has 92 valence electrons. The summed E-state index contributed by atoms with van der Waals surface area (Å²) in [4.78, 5) is 13.4. The van der Waals surface area contributed by atoms with Crippen LogP contribution < -0.4 is 11.1 Å². The van der Waals surface area contributed by atoms with Crippen molar-refractivity contribution in [2.75, 3.05) is 26.0 Å². The first-order chi connectivity index (χ1) is 8.10. The average molecular weight is 233 g/mol. The van der Waals surface area contributed by atoms with Gasteiger partial charge in [-0.3, -0.25) is 4.79 Å². The van der Waals surface area contributed by atoms with Crippen molar-refractivity contribution in [1.29, 1.82) is 0 Å². The van der Waals surface area contributed by atoms with Gasteiger partial charge < -0.3 is 16.0 Å². The van der Waals surface area contributed by atoms with E-state index in [1.807, 2.05) is 20.2 Å². The maximum absolute atomic E-state index is 11.3. The van der Waals surface area contributed by atoms with Gasteiger partial charge in [-0.15, -0.1) is 0 Å². The molecule has 1 aliphatic heterocycles. The third-order valence-electron chi connectivity index (χ3n) is 3.27. The molecule has 0 fully saturated rings. The minimum absolute atomic E-state index is 0.0835. The highest BCUT2D eigenvalue weighted by Gasteiger charge is 2.18. The van der Waals surface area contributed by atoms with E-state index in [1.165, 1.54) is 5.56 Å². The van der Waals surface area contributed by atoms with Crippen LogP contribution in [0, 0.1) is 0 Å². The zero-order valence-corrected chi connectivity index (χ0v) is 10.4. The third-order valence-corrected chi connectivity index (χ3v) is 3.27. The number of carbonyl (C=O) groups excluding carboxylic acids is 1. The van der Waals surface area contributed by atoms with Gasteiger partial charge in [-0.2, -0.15) is 0 Å². The molecular weight excluding hydrogens is 214 g/mol. The first-order valence-corrected chi connectivity index (χ1v) is 5.88. The number of carbonyl (C=O) groups is 1. The number of hydrogen-bond donors (Lipinski definition) is 2. The number of fused-ring (bicyclic) bond motifs is 1. The molecule has 1 heterocycles. The van der Waals surface area contributed by atoms with E-state index in [0.717, 1.165) is 17.7 Å². The van der Waals surface area contributed by atoms with Crippen molar-refractivity contribution in [3.8, 4) is 0 Å². The van der Waals surface area contributed by atoms with E-state index in [4.69, 9.17) is 5.73 Å². The van der Waals surface area contributed by atoms with Gasteiger partial charge in [0, 0.05) is 18.3 Å². The largest absolute Gasteiger partial charge is 0.329 e. The number of hydrogen-bond acceptors (Lipinski definition) is 3. The number of rotatable bonds is 4. The Balaban J connectivity index is 2.13. The van der Waals surface area contributed by atoms with Gasteiger partial charge in [0.2, 0.25) is 5.91 Å². The smallest absolute Gasteiger partial charge is 0.228 e. The van der Waals surface area contributed by atoms with Gasteiger partial charge in [-0.05, 0) is 37.7 Å². The molecule has 4 nitrogen and oxygen atoms in total. The number of likely N-dealkylation sites (N-methyl/N-ethyl adjacent to an activating group) is 1. The highest BCUT2D eigenvalue weighted by Crippen LogP contribution is 2.24. The molecule has 0 saturated carbocycles. The number of nitrogens with zero attached hydrogens (tertiary/aromatic N) is 1. The fourth-order valence-electron chi connectivity index (χ4n) is 2.16. The van der Waals surface area contributed by atoms with Gasteiger partial charge in [-0.25, -0.2) is 0 Å². The van der Waals surface area contributed by atoms with Crippen molar-refractivity contribution in [3.05, 3.63) is 29.3 Å². The summed E-state index contributed by atoms with van der Waals surface area (Å²) in [5, 5.41) is 2.84. The van der Waals surface area contributed by atoms with E-state index in [0.29, 0.717) is 19.0 Å². The molecule has 0 spiro atoms. The highest BCUT2D eigenvalue weighted by atomic mass is 16.1. The highest BCUT2D eigenvalue weighted by molar-refractivity contribution is 5.99. The molecule has 1 aliphatic rings. The van der Waals surface area contributed by atoms with Gasteiger partial charge in [0.25, 0.3) is 0 Å². The molecule has 0 bridgehead atoms. The van der Waals surface area contributed by atoms with E-state index in [1.54, 1.807) is 0 Å². The number of nitrogens with two attached hydrogens (primary N) is 1. The minimum atomic E-state index is 0.0835. The zero-order chi connectivity index (χ0) is 12.4. The summed E-state index contributed by atoms with van der Waals surface area (Å²) in [6.07, 6.45) is 1.42. The lowest BCUT2D eigenvalue weighted by atomic mass is 10.0. The van der Waals surface area contributed by atoms with Crippen molar-refractivity contribution in [1.82, 2.24) is 4.90 Å². The van der Waals surface area contributed by atoms with E-state index in [2.05, 4.69) is 22.3 Å². The van der Waals surface area contributed by atoms with Crippen LogP contribution in [0.15, 0.2) is 18.2 Å². The first-order valence-electron chi connectivity index (χ1n) is 5.88. The Labute approximate surface area is 102 Å². The number of amides is 1. The van der Waals surface area contributed by atoms with Crippen molar-refractivity contribution < 1.29 is 4.79 Å². The van der Waals surface area contributed by atoms with E-state index < -0.39 is 0 Å². The molecule has 1 amide bonds. The Morgan fingerprint density at radius 1 is 1.47 bits per heavy atom. The summed E-state index contributed by atoms with van der Waals surface area (Å²) in [5.41, 5.74) is 9.04. The Bertz CT molecular complexity index is 429. The van der Waals surface area contributed by atoms with E-state index >= 15 is 0 Å². The molecule has 0 aliphatic carbocycles. The average Bonchev–Trinajstić information content (AvgIpc) is 2.64. The van der Waals surface area contributed by atoms with Gasteiger partial charge in [0.05, 0.1) is 6.42 Å². The van der Waals surface area contributed by atoms with Crippen LogP contribution in [0.2, 0.25) is 0 Å². The second kappa shape index (κ2) is 4.85. The lowest BCUT2D eigenvalue weighted by Gasteiger charge is -2.22. The fraction of sp³-hybridized carbons (Fsp3) is 0.462. The zero-order valence-electron chi connectivity index (χ0n) is 10.4. The van der Waals surface area contributed by atoms with Gasteiger partial charge >= 0.3 is 0 Å². The van der Waals surface area contributed by atoms with Gasteiger partial charge in [0.15, 0.2) is 0 Å². The topological polar surface area (TPSA) is 58.4 Å². The fourth-order valence-corrected chi connectivity index (χ4v) is 2.16. The Hall–Kier alpha value is -1.39. The second-order valence-corrected chi connectivity index (χ2v) is 4.77. The van der Waals surface area contributed by atoms with Gasteiger partial charge in [-0.1, -0.05) is 12.1 Å². The second-order valence-electron chi connectivity index (χ2n) is 4.77. The van der Waals surface area contributed by atoms with Crippen LogP contribution in [0.4, 0.5) is 5.69 Å². The molecule has 0 radical (unpaired) electrons. The van der Waals surface area contributed by atoms with Crippen LogP contribution in [0.3, 0.4) is 0 Å². The molecule has 0 aromatic heterocycles. The summed E-state index contributed by atoms with van der Waals surface area (Å²) < 4.78 is 0. The first kappa shape index (κ1) is 12.1. The van der Waals surface area contributed by atoms with Crippen molar-refractivity contribution in [2.45, 2.75) is 18.9 Å². The lowest BCUT2D eigenvalue weighted by molar-refractivity contribution is -0.115. The summed E-state index contributed by atoms with van der Waals surface area (Å²) in [5.74, 6) is 0.0835. The molecule has 1 unspecified atom stereocenters. The molecule has 1 aromatic carbocycles. The molecule has 3 N–H and O–H groups in total. The SMILES string of the molecule is CN(C)C(CN)Cc1ccc2c(c1)CC(=O)N2. The molecule has 4 heteroatoms. The van der Waals surface area contributed by atoms with Gasteiger partial charge in [0.1, 0.15) is 0 Å². The predicted octanol–water partition coefficient (Wildman–Crippen LogP) is 0.613. The quantitative estimate of drug-likeness (QED) is 0.801. The molecule has 2 rings (SSSR count). The van der Waals surface area contributed by atoms with Crippen LogP contribution in [-0.4, -0.2) is 37.5 Å². The lowest BCUT2D eigenvalue weighted by Crippen LogP contribution is -2.36. The predicted molar refractivity (Wildman–Crippen MR) is 69.0 cm³/mol. The number of nitrogens with one attached hydrogen (secondary N) is 1. The van der Waals surface area contributed by atoms with E-state index in [-0.39, 0.29) is 5.91 Å². The normalized spacial score (nSPS) is 15.9. The Morgan fingerprint density at radius 2 is 2.24 bits per heavy atom. The van der Waals surface area contributed by atoms with E-state index in [9.17, 15) is 4.79 Å². The summed E-state index contributed by atoms with van der Waals surface area (Å²) in [6, 6.07) is 6.51. The Morgan fingerprint density at radius 3 is 2.88 bits per heavy atom. The van der Waals surface area contributed by atoms with Crippen LogP contribution in [0.25, 0.3) is 0 Å². The summed E-state index contributed by atoms with van der Waals surface area (Å²) in [7, 11) is 4.08. The van der Waals surface area contributed by atoms with Crippen molar-refractivity contribution >= 4 is 11.6 Å². The molecular formula is C13H19N3O. The van der Waals surface area contributed by atoms with Crippen molar-refractivity contribution in [2.24, 2.45) is 5.73 Å². The van der Waals surface area contributed by atoms with Crippen LogP contribution in [-0.2, 0) is 17.6 Å². The van der Waals surface area contributed by atoms with Crippen LogP contribution >= 0.6 is 0 Å². The number of anilines is 1. The molecule has 17 heavy (non-hydrogen) atoms. The Kier molecular flexibility index (Phi) is 3.45. The third kappa shape index (κ3) is 2.65. The molecule has 0 saturated heterocycles.